The Hall–Kier alpha value is -1.07. The topological polar surface area (TPSA) is 40.4 Å². The third kappa shape index (κ3) is 2.30. The lowest BCUT2D eigenvalue weighted by atomic mass is 10.1. The Morgan fingerprint density at radius 3 is 2.94 bits per heavy atom. The highest BCUT2D eigenvalue weighted by atomic mass is 35.5. The zero-order valence-electron chi connectivity index (χ0n) is 10.3. The zero-order valence-corrected chi connectivity index (χ0v) is 11.1. The lowest BCUT2D eigenvalue weighted by Gasteiger charge is -2.29. The Bertz CT molecular complexity index is 380. The molecule has 6 heteroatoms. The summed E-state index contributed by atoms with van der Waals surface area (Å²) in [6.07, 6.45) is 4.81. The minimum Gasteiger partial charge on any atom is -0.382 e. The third-order valence-electron chi connectivity index (χ3n) is 2.91. The van der Waals surface area contributed by atoms with E-state index < -0.39 is 0 Å². The van der Waals surface area contributed by atoms with Gasteiger partial charge in [0.25, 0.3) is 0 Å². The van der Waals surface area contributed by atoms with Crippen molar-refractivity contribution >= 4 is 11.6 Å². The fourth-order valence-corrected chi connectivity index (χ4v) is 2.33. The maximum atomic E-state index is 6.17. The van der Waals surface area contributed by atoms with Gasteiger partial charge in [-0.15, -0.1) is 0 Å². The Kier molecular flexibility index (Phi) is 3.69. The first kappa shape index (κ1) is 12.4. The van der Waals surface area contributed by atoms with E-state index in [1.54, 1.807) is 7.11 Å². The van der Waals surface area contributed by atoms with Gasteiger partial charge >= 0.3 is 0 Å². The standard InChI is InChI=1S/C11H17ClN4O/c1-4-8(7-17-3)16-10-6-15(2)5-9(12)11(10)13-14-16/h5-6,8,11H,4,7H2,1-3H3. The van der Waals surface area contributed by atoms with Gasteiger partial charge in [-0.2, -0.15) is 5.11 Å². The van der Waals surface area contributed by atoms with Gasteiger partial charge in [0.05, 0.1) is 23.4 Å². The summed E-state index contributed by atoms with van der Waals surface area (Å²) in [5, 5.41) is 11.0. The van der Waals surface area contributed by atoms with E-state index in [1.807, 2.05) is 29.4 Å². The molecule has 5 nitrogen and oxygen atoms in total. The Morgan fingerprint density at radius 1 is 1.53 bits per heavy atom. The second-order valence-electron chi connectivity index (χ2n) is 4.20. The quantitative estimate of drug-likeness (QED) is 0.775. The SMILES string of the molecule is CCC(COC)N1N=NC2C(Cl)=CN(C)C=C21. The van der Waals surface area contributed by atoms with Crippen LogP contribution in [-0.2, 0) is 4.74 Å². The van der Waals surface area contributed by atoms with Crippen molar-refractivity contribution in [2.45, 2.75) is 25.4 Å². The first-order valence-electron chi connectivity index (χ1n) is 5.67. The maximum absolute atomic E-state index is 6.17. The van der Waals surface area contributed by atoms with E-state index in [-0.39, 0.29) is 12.1 Å². The molecular formula is C11H17ClN4O. The second-order valence-corrected chi connectivity index (χ2v) is 4.64. The lowest BCUT2D eigenvalue weighted by molar-refractivity contribution is 0.110. The molecule has 0 aromatic heterocycles. The molecule has 0 aromatic rings. The van der Waals surface area contributed by atoms with Crippen LogP contribution in [0.2, 0.25) is 0 Å². The second kappa shape index (κ2) is 5.06. The molecule has 0 bridgehead atoms. The highest BCUT2D eigenvalue weighted by Crippen LogP contribution is 2.34. The van der Waals surface area contributed by atoms with Crippen LogP contribution in [0.5, 0.6) is 0 Å². The van der Waals surface area contributed by atoms with Gasteiger partial charge in [-0.3, -0.25) is 0 Å². The molecule has 17 heavy (non-hydrogen) atoms. The van der Waals surface area contributed by atoms with Crippen molar-refractivity contribution in [2.75, 3.05) is 20.8 Å². The van der Waals surface area contributed by atoms with Crippen molar-refractivity contribution in [2.24, 2.45) is 10.3 Å². The molecule has 94 valence electrons. The average Bonchev–Trinajstić information content (AvgIpc) is 2.69. The van der Waals surface area contributed by atoms with Gasteiger partial charge in [0.15, 0.2) is 6.04 Å². The molecule has 0 fully saturated rings. The Balaban J connectivity index is 2.20. The number of methoxy groups -OCH3 is 1. The van der Waals surface area contributed by atoms with E-state index in [1.165, 1.54) is 0 Å². The summed E-state index contributed by atoms with van der Waals surface area (Å²) >= 11 is 6.17. The molecule has 2 aliphatic rings. The molecular weight excluding hydrogens is 240 g/mol. The fourth-order valence-electron chi connectivity index (χ4n) is 2.02. The number of fused-ring (bicyclic) bond motifs is 1. The summed E-state index contributed by atoms with van der Waals surface area (Å²) in [6.45, 7) is 2.74. The van der Waals surface area contributed by atoms with Gasteiger partial charge in [0, 0.05) is 26.6 Å². The van der Waals surface area contributed by atoms with Gasteiger partial charge in [0.1, 0.15) is 0 Å². The molecule has 0 spiro atoms. The van der Waals surface area contributed by atoms with Crippen LogP contribution < -0.4 is 0 Å². The van der Waals surface area contributed by atoms with Crippen LogP contribution in [0.4, 0.5) is 0 Å². The average molecular weight is 257 g/mol. The molecule has 2 unspecified atom stereocenters. The molecule has 0 saturated carbocycles. The number of hydrogen-bond acceptors (Lipinski definition) is 5. The molecule has 0 saturated heterocycles. The van der Waals surface area contributed by atoms with Gasteiger partial charge in [-0.05, 0) is 6.42 Å². The third-order valence-corrected chi connectivity index (χ3v) is 3.21. The minimum absolute atomic E-state index is 0.140. The van der Waals surface area contributed by atoms with E-state index in [4.69, 9.17) is 16.3 Å². The predicted octanol–water partition coefficient (Wildman–Crippen LogP) is 2.33. The van der Waals surface area contributed by atoms with Gasteiger partial charge in [0.2, 0.25) is 0 Å². The van der Waals surface area contributed by atoms with Crippen LogP contribution in [0.25, 0.3) is 0 Å². The van der Waals surface area contributed by atoms with E-state index in [0.717, 1.165) is 12.1 Å². The summed E-state index contributed by atoms with van der Waals surface area (Å²) in [6, 6.07) is 0.0646. The number of ether oxygens (including phenoxy) is 1. The number of halogens is 1. The van der Waals surface area contributed by atoms with Crippen LogP contribution >= 0.6 is 11.6 Å². The van der Waals surface area contributed by atoms with Crippen molar-refractivity contribution in [3.05, 3.63) is 23.1 Å². The maximum Gasteiger partial charge on any atom is 0.153 e. The lowest BCUT2D eigenvalue weighted by Crippen LogP contribution is -2.35. The van der Waals surface area contributed by atoms with Crippen molar-refractivity contribution in [3.63, 3.8) is 0 Å². The van der Waals surface area contributed by atoms with Crippen LogP contribution in [-0.4, -0.2) is 42.8 Å². The molecule has 2 heterocycles. The van der Waals surface area contributed by atoms with E-state index in [9.17, 15) is 0 Å². The van der Waals surface area contributed by atoms with Crippen LogP contribution in [0, 0.1) is 0 Å². The van der Waals surface area contributed by atoms with Crippen molar-refractivity contribution in [1.82, 2.24) is 9.91 Å². The number of rotatable bonds is 4. The summed E-state index contributed by atoms with van der Waals surface area (Å²) in [7, 11) is 3.64. The van der Waals surface area contributed by atoms with E-state index in [0.29, 0.717) is 11.6 Å². The summed E-state index contributed by atoms with van der Waals surface area (Å²) in [5.41, 5.74) is 1.02. The minimum atomic E-state index is -0.140. The first-order chi connectivity index (χ1) is 8.17. The van der Waals surface area contributed by atoms with Gasteiger partial charge in [-0.1, -0.05) is 23.7 Å². The van der Waals surface area contributed by atoms with Crippen molar-refractivity contribution < 1.29 is 4.74 Å². The first-order valence-corrected chi connectivity index (χ1v) is 6.05. The Morgan fingerprint density at radius 2 is 2.29 bits per heavy atom. The van der Waals surface area contributed by atoms with Gasteiger partial charge < -0.3 is 9.64 Å². The molecule has 2 aliphatic heterocycles. The van der Waals surface area contributed by atoms with Crippen molar-refractivity contribution in [1.29, 1.82) is 0 Å². The number of hydrogen-bond donors (Lipinski definition) is 0. The number of nitrogens with zero attached hydrogens (tertiary/aromatic N) is 4. The molecule has 0 radical (unpaired) electrons. The monoisotopic (exact) mass is 256 g/mol. The van der Waals surface area contributed by atoms with E-state index in [2.05, 4.69) is 17.3 Å². The highest BCUT2D eigenvalue weighted by molar-refractivity contribution is 6.30. The van der Waals surface area contributed by atoms with Gasteiger partial charge in [-0.25, -0.2) is 5.01 Å². The van der Waals surface area contributed by atoms with Crippen molar-refractivity contribution in [3.8, 4) is 0 Å². The largest absolute Gasteiger partial charge is 0.382 e. The van der Waals surface area contributed by atoms with Crippen LogP contribution in [0.1, 0.15) is 13.3 Å². The van der Waals surface area contributed by atoms with Crippen LogP contribution in [0.3, 0.4) is 0 Å². The van der Waals surface area contributed by atoms with Crippen LogP contribution in [0.15, 0.2) is 33.5 Å². The fraction of sp³-hybridized carbons (Fsp3) is 0.636. The normalized spacial score (nSPS) is 24.6. The summed E-state index contributed by atoms with van der Waals surface area (Å²) in [4.78, 5) is 1.93. The zero-order chi connectivity index (χ0) is 12.4. The molecule has 0 aromatic carbocycles. The predicted molar refractivity (Wildman–Crippen MR) is 66.2 cm³/mol. The molecule has 0 N–H and O–H groups in total. The summed E-state index contributed by atoms with van der Waals surface area (Å²) in [5.74, 6) is 0. The highest BCUT2D eigenvalue weighted by Gasteiger charge is 2.35. The molecule has 0 amide bonds. The smallest absolute Gasteiger partial charge is 0.153 e. The molecule has 0 aliphatic carbocycles. The van der Waals surface area contributed by atoms with E-state index >= 15 is 0 Å². The molecule has 2 atom stereocenters. The molecule has 2 rings (SSSR count). The Labute approximate surface area is 106 Å². The summed E-state index contributed by atoms with van der Waals surface area (Å²) < 4.78 is 5.21.